The van der Waals surface area contributed by atoms with Gasteiger partial charge in [-0.15, -0.1) is 0 Å². The summed E-state index contributed by atoms with van der Waals surface area (Å²) in [4.78, 5) is 0. The van der Waals surface area contributed by atoms with Crippen molar-refractivity contribution < 1.29 is 5.11 Å². The van der Waals surface area contributed by atoms with E-state index in [9.17, 15) is 5.11 Å². The Kier molecular flexibility index (Phi) is 4.97. The highest BCUT2D eigenvalue weighted by Crippen LogP contribution is 2.23. The van der Waals surface area contributed by atoms with Crippen LogP contribution in [0.1, 0.15) is 37.3 Å². The first kappa shape index (κ1) is 13.2. The van der Waals surface area contributed by atoms with Gasteiger partial charge in [0.2, 0.25) is 0 Å². The molecule has 0 radical (unpaired) electrons. The molecule has 90 valence electrons. The molecule has 3 N–H and O–H groups in total. The zero-order valence-corrected chi connectivity index (χ0v) is 10.5. The maximum Gasteiger partial charge on any atom is 0.0623 e. The molecule has 1 aromatic rings. The first-order valence-electron chi connectivity index (χ1n) is 5.99. The molecule has 2 atom stereocenters. The summed E-state index contributed by atoms with van der Waals surface area (Å²) in [6, 6.07) is 8.27. The second-order valence-electron chi connectivity index (χ2n) is 4.95. The summed E-state index contributed by atoms with van der Waals surface area (Å²) in [6.45, 7) is 6.79. The molecule has 0 fully saturated rings. The fourth-order valence-corrected chi connectivity index (χ4v) is 1.98. The van der Waals surface area contributed by atoms with Crippen molar-refractivity contribution in [1.29, 1.82) is 0 Å². The number of hydrogen-bond donors (Lipinski definition) is 2. The molecule has 1 rings (SSSR count). The minimum absolute atomic E-state index is 0.0583. The first-order chi connectivity index (χ1) is 7.54. The molecule has 0 aliphatic heterocycles. The Balaban J connectivity index is 2.77. The number of benzene rings is 1. The van der Waals surface area contributed by atoms with Gasteiger partial charge in [-0.3, -0.25) is 0 Å². The van der Waals surface area contributed by atoms with Crippen molar-refractivity contribution in [3.05, 3.63) is 35.4 Å². The molecule has 0 amide bonds. The average Bonchev–Trinajstić information content (AvgIpc) is 2.21. The van der Waals surface area contributed by atoms with Crippen LogP contribution in [0.5, 0.6) is 0 Å². The first-order valence-corrected chi connectivity index (χ1v) is 5.99. The number of aryl methyl sites for hydroxylation is 1. The van der Waals surface area contributed by atoms with Crippen molar-refractivity contribution in [2.75, 3.05) is 6.54 Å². The van der Waals surface area contributed by atoms with Gasteiger partial charge in [0, 0.05) is 12.5 Å². The Morgan fingerprint density at radius 3 is 2.19 bits per heavy atom. The summed E-state index contributed by atoms with van der Waals surface area (Å²) in [6.07, 6.45) is 0.461. The van der Waals surface area contributed by atoms with E-state index < -0.39 is 0 Å². The maximum atomic E-state index is 10.1. The second-order valence-corrected chi connectivity index (χ2v) is 4.95. The summed E-state index contributed by atoms with van der Waals surface area (Å²) < 4.78 is 0. The maximum absolute atomic E-state index is 10.1. The van der Waals surface area contributed by atoms with E-state index in [0.29, 0.717) is 12.5 Å². The fraction of sp³-hybridized carbons (Fsp3) is 0.571. The Hall–Kier alpha value is -0.860. The van der Waals surface area contributed by atoms with E-state index in [-0.39, 0.29) is 12.0 Å². The summed E-state index contributed by atoms with van der Waals surface area (Å²) in [5.74, 6) is 0.553. The number of aliphatic hydroxyl groups is 1. The molecule has 0 bridgehead atoms. The lowest BCUT2D eigenvalue weighted by atomic mass is 9.88. The molecule has 2 unspecified atom stereocenters. The van der Waals surface area contributed by atoms with Gasteiger partial charge in [0.15, 0.2) is 0 Å². The van der Waals surface area contributed by atoms with E-state index in [1.807, 2.05) is 0 Å². The molecule has 0 aromatic heterocycles. The van der Waals surface area contributed by atoms with Crippen LogP contribution in [0.15, 0.2) is 24.3 Å². The molecule has 2 heteroatoms. The molecular weight excluding hydrogens is 198 g/mol. The van der Waals surface area contributed by atoms with E-state index in [1.54, 1.807) is 0 Å². The third kappa shape index (κ3) is 3.62. The summed E-state index contributed by atoms with van der Waals surface area (Å²) in [7, 11) is 0. The van der Waals surface area contributed by atoms with E-state index in [4.69, 9.17) is 5.73 Å². The number of nitrogens with two attached hydrogens (primary N) is 1. The van der Waals surface area contributed by atoms with Gasteiger partial charge in [0.25, 0.3) is 0 Å². The predicted octanol–water partition coefficient (Wildman–Crippen LogP) is 2.44. The molecular formula is C14H23NO. The van der Waals surface area contributed by atoms with Crippen molar-refractivity contribution in [2.24, 2.45) is 11.7 Å². The Morgan fingerprint density at radius 2 is 1.75 bits per heavy atom. The van der Waals surface area contributed by atoms with Crippen LogP contribution in [0.3, 0.4) is 0 Å². The standard InChI is InChI=1S/C14H23NO/c1-10(2)8-14(16)13(9-15)12-6-4-11(3)5-7-12/h4-7,10,13-14,16H,8-9,15H2,1-3H3. The zero-order chi connectivity index (χ0) is 12.1. The van der Waals surface area contributed by atoms with Crippen molar-refractivity contribution in [3.8, 4) is 0 Å². The molecule has 1 aromatic carbocycles. The highest BCUT2D eigenvalue weighted by Gasteiger charge is 2.20. The lowest BCUT2D eigenvalue weighted by Gasteiger charge is -2.23. The second kappa shape index (κ2) is 6.02. The summed E-state index contributed by atoms with van der Waals surface area (Å²) in [5.41, 5.74) is 8.13. The van der Waals surface area contributed by atoms with Crippen LogP contribution in [0.25, 0.3) is 0 Å². The Labute approximate surface area is 98.5 Å². The van der Waals surface area contributed by atoms with Gasteiger partial charge >= 0.3 is 0 Å². The normalized spacial score (nSPS) is 15.1. The van der Waals surface area contributed by atoms with Gasteiger partial charge in [0.05, 0.1) is 6.10 Å². The lowest BCUT2D eigenvalue weighted by molar-refractivity contribution is 0.121. The van der Waals surface area contributed by atoms with Gasteiger partial charge in [-0.25, -0.2) is 0 Å². The smallest absolute Gasteiger partial charge is 0.0623 e. The zero-order valence-electron chi connectivity index (χ0n) is 10.5. The SMILES string of the molecule is Cc1ccc(C(CN)C(O)CC(C)C)cc1. The van der Waals surface area contributed by atoms with E-state index in [1.165, 1.54) is 5.56 Å². The highest BCUT2D eigenvalue weighted by molar-refractivity contribution is 5.25. The van der Waals surface area contributed by atoms with E-state index >= 15 is 0 Å². The minimum Gasteiger partial charge on any atom is -0.392 e. The largest absolute Gasteiger partial charge is 0.392 e. The number of hydrogen-bond acceptors (Lipinski definition) is 2. The third-order valence-corrected chi connectivity index (χ3v) is 2.94. The molecule has 2 nitrogen and oxygen atoms in total. The molecule has 0 aliphatic rings. The molecule has 0 aliphatic carbocycles. The molecule has 0 heterocycles. The lowest BCUT2D eigenvalue weighted by Crippen LogP contribution is -2.27. The average molecular weight is 221 g/mol. The topological polar surface area (TPSA) is 46.2 Å². The van der Waals surface area contributed by atoms with Gasteiger partial charge in [-0.1, -0.05) is 43.7 Å². The van der Waals surface area contributed by atoms with Crippen LogP contribution < -0.4 is 5.73 Å². The van der Waals surface area contributed by atoms with Gasteiger partial charge in [-0.05, 0) is 24.8 Å². The van der Waals surface area contributed by atoms with Crippen LogP contribution in [0, 0.1) is 12.8 Å². The predicted molar refractivity (Wildman–Crippen MR) is 68.4 cm³/mol. The van der Waals surface area contributed by atoms with Gasteiger partial charge in [-0.2, -0.15) is 0 Å². The van der Waals surface area contributed by atoms with Crippen molar-refractivity contribution in [2.45, 2.75) is 39.2 Å². The molecule has 0 saturated carbocycles. The highest BCUT2D eigenvalue weighted by atomic mass is 16.3. The van der Waals surface area contributed by atoms with Crippen molar-refractivity contribution in [3.63, 3.8) is 0 Å². The van der Waals surface area contributed by atoms with Crippen LogP contribution in [-0.2, 0) is 0 Å². The van der Waals surface area contributed by atoms with E-state index in [0.717, 1.165) is 12.0 Å². The molecule has 0 spiro atoms. The van der Waals surface area contributed by atoms with Crippen molar-refractivity contribution >= 4 is 0 Å². The molecule has 16 heavy (non-hydrogen) atoms. The third-order valence-electron chi connectivity index (χ3n) is 2.94. The Bertz CT molecular complexity index is 305. The van der Waals surface area contributed by atoms with Gasteiger partial charge in [0.1, 0.15) is 0 Å². The minimum atomic E-state index is -0.340. The van der Waals surface area contributed by atoms with E-state index in [2.05, 4.69) is 45.0 Å². The summed E-state index contributed by atoms with van der Waals surface area (Å²) in [5, 5.41) is 10.1. The quantitative estimate of drug-likeness (QED) is 0.802. The van der Waals surface area contributed by atoms with Crippen molar-refractivity contribution in [1.82, 2.24) is 0 Å². The van der Waals surface area contributed by atoms with Crippen LogP contribution >= 0.6 is 0 Å². The van der Waals surface area contributed by atoms with Crippen LogP contribution in [0.2, 0.25) is 0 Å². The number of rotatable bonds is 5. The fourth-order valence-electron chi connectivity index (χ4n) is 1.98. The molecule has 0 saturated heterocycles. The Morgan fingerprint density at radius 1 is 1.19 bits per heavy atom. The number of aliphatic hydroxyl groups excluding tert-OH is 1. The monoisotopic (exact) mass is 221 g/mol. The van der Waals surface area contributed by atoms with Crippen LogP contribution in [0.4, 0.5) is 0 Å². The summed E-state index contributed by atoms with van der Waals surface area (Å²) >= 11 is 0. The van der Waals surface area contributed by atoms with Crippen LogP contribution in [-0.4, -0.2) is 17.8 Å². The van der Waals surface area contributed by atoms with Gasteiger partial charge < -0.3 is 10.8 Å².